The number of hydrogen-bond acceptors (Lipinski definition) is 5. The molecule has 24 heavy (non-hydrogen) atoms. The number of thiophene rings is 1. The molecule has 2 atom stereocenters. The number of benzene rings is 1. The number of hydrogen-bond donors (Lipinski definition) is 2. The minimum atomic E-state index is -0.762. The molecule has 2 aromatic rings. The SMILES string of the molecule is C[C@@H](NC(=O)CN1C[C@@H](C(N)=O)Oc2ccccc21)c1cccs1. The van der Waals surface area contributed by atoms with E-state index in [9.17, 15) is 9.59 Å². The maximum absolute atomic E-state index is 12.4. The van der Waals surface area contributed by atoms with Crippen LogP contribution in [0.2, 0.25) is 0 Å². The van der Waals surface area contributed by atoms with E-state index in [1.165, 1.54) is 0 Å². The predicted molar refractivity (Wildman–Crippen MR) is 93.1 cm³/mol. The third-order valence-corrected chi connectivity index (χ3v) is 4.92. The molecule has 7 heteroatoms. The van der Waals surface area contributed by atoms with Crippen molar-refractivity contribution in [2.24, 2.45) is 5.73 Å². The summed E-state index contributed by atoms with van der Waals surface area (Å²) >= 11 is 1.60. The lowest BCUT2D eigenvalue weighted by atomic mass is 10.1. The van der Waals surface area contributed by atoms with E-state index < -0.39 is 12.0 Å². The lowest BCUT2D eigenvalue weighted by Gasteiger charge is -2.34. The molecule has 0 unspecified atom stereocenters. The zero-order valence-electron chi connectivity index (χ0n) is 13.3. The Morgan fingerprint density at radius 1 is 1.38 bits per heavy atom. The van der Waals surface area contributed by atoms with Gasteiger partial charge in [-0.3, -0.25) is 9.59 Å². The molecule has 1 aromatic carbocycles. The summed E-state index contributed by atoms with van der Waals surface area (Å²) in [6.45, 7) is 2.34. The van der Waals surface area contributed by atoms with Gasteiger partial charge in [-0.15, -0.1) is 11.3 Å². The Morgan fingerprint density at radius 3 is 2.88 bits per heavy atom. The zero-order chi connectivity index (χ0) is 17.1. The monoisotopic (exact) mass is 345 g/mol. The molecule has 2 heterocycles. The average Bonchev–Trinajstić information content (AvgIpc) is 3.09. The van der Waals surface area contributed by atoms with Crippen LogP contribution in [0.4, 0.5) is 5.69 Å². The highest BCUT2D eigenvalue weighted by atomic mass is 32.1. The first-order chi connectivity index (χ1) is 11.5. The Kier molecular flexibility index (Phi) is 4.71. The van der Waals surface area contributed by atoms with Crippen LogP contribution in [0.25, 0.3) is 0 Å². The van der Waals surface area contributed by atoms with Gasteiger partial charge in [0, 0.05) is 4.88 Å². The van der Waals surface area contributed by atoms with E-state index in [1.54, 1.807) is 17.4 Å². The highest BCUT2D eigenvalue weighted by Gasteiger charge is 2.30. The number of carbonyl (C=O) groups is 2. The Balaban J connectivity index is 1.71. The average molecular weight is 345 g/mol. The Labute approximate surface area is 144 Å². The van der Waals surface area contributed by atoms with Gasteiger partial charge in [-0.1, -0.05) is 18.2 Å². The molecule has 3 rings (SSSR count). The molecule has 0 saturated heterocycles. The summed E-state index contributed by atoms with van der Waals surface area (Å²) in [5, 5.41) is 4.96. The lowest BCUT2D eigenvalue weighted by molar-refractivity contribution is -0.125. The van der Waals surface area contributed by atoms with E-state index in [1.807, 2.05) is 47.5 Å². The quantitative estimate of drug-likeness (QED) is 0.863. The van der Waals surface area contributed by atoms with Crippen LogP contribution in [0.3, 0.4) is 0 Å². The molecule has 3 N–H and O–H groups in total. The number of nitrogens with two attached hydrogens (primary N) is 1. The van der Waals surface area contributed by atoms with E-state index in [0.717, 1.165) is 10.6 Å². The molecule has 0 aliphatic carbocycles. The van der Waals surface area contributed by atoms with Crippen LogP contribution >= 0.6 is 11.3 Å². The molecule has 1 aliphatic heterocycles. The van der Waals surface area contributed by atoms with Crippen LogP contribution in [-0.2, 0) is 9.59 Å². The molecule has 0 saturated carbocycles. The first-order valence-corrected chi connectivity index (χ1v) is 8.55. The van der Waals surface area contributed by atoms with E-state index >= 15 is 0 Å². The van der Waals surface area contributed by atoms with Crippen LogP contribution in [0.5, 0.6) is 5.75 Å². The van der Waals surface area contributed by atoms with Gasteiger partial charge in [0.2, 0.25) is 5.91 Å². The van der Waals surface area contributed by atoms with Gasteiger partial charge in [0.25, 0.3) is 5.91 Å². The van der Waals surface area contributed by atoms with Crippen LogP contribution in [-0.4, -0.2) is 31.0 Å². The first kappa shape index (κ1) is 16.3. The number of amides is 2. The number of anilines is 1. The highest BCUT2D eigenvalue weighted by molar-refractivity contribution is 7.10. The van der Waals surface area contributed by atoms with Gasteiger partial charge in [-0.2, -0.15) is 0 Å². The number of ether oxygens (including phenoxy) is 1. The number of carbonyl (C=O) groups excluding carboxylic acids is 2. The number of para-hydroxylation sites is 2. The van der Waals surface area contributed by atoms with Gasteiger partial charge in [0.1, 0.15) is 5.75 Å². The lowest BCUT2D eigenvalue weighted by Crippen LogP contribution is -2.50. The minimum Gasteiger partial charge on any atom is -0.477 e. The molecule has 1 aliphatic rings. The molecule has 1 aromatic heterocycles. The normalized spacial score (nSPS) is 17.5. The third kappa shape index (κ3) is 3.51. The van der Waals surface area contributed by atoms with Gasteiger partial charge in [-0.25, -0.2) is 0 Å². The zero-order valence-corrected chi connectivity index (χ0v) is 14.1. The van der Waals surface area contributed by atoms with Crippen molar-refractivity contribution < 1.29 is 14.3 Å². The molecule has 0 fully saturated rings. The molecule has 126 valence electrons. The van der Waals surface area contributed by atoms with Crippen LogP contribution < -0.4 is 20.7 Å². The fraction of sp³-hybridized carbons (Fsp3) is 0.294. The maximum atomic E-state index is 12.4. The van der Waals surface area contributed by atoms with Crippen molar-refractivity contribution >= 4 is 28.8 Å². The fourth-order valence-electron chi connectivity index (χ4n) is 2.67. The predicted octanol–water partition coefficient (Wildman–Crippen LogP) is 1.68. The number of fused-ring (bicyclic) bond motifs is 1. The van der Waals surface area contributed by atoms with Crippen molar-refractivity contribution in [3.63, 3.8) is 0 Å². The van der Waals surface area contributed by atoms with Crippen LogP contribution in [0, 0.1) is 0 Å². The fourth-order valence-corrected chi connectivity index (χ4v) is 3.41. The number of nitrogens with zero attached hydrogens (tertiary/aromatic N) is 1. The van der Waals surface area contributed by atoms with Crippen molar-refractivity contribution in [1.29, 1.82) is 0 Å². The van der Waals surface area contributed by atoms with E-state index in [-0.39, 0.29) is 25.0 Å². The summed E-state index contributed by atoms with van der Waals surface area (Å²) in [5.74, 6) is -0.0932. The van der Waals surface area contributed by atoms with Gasteiger partial charge >= 0.3 is 0 Å². The molecular formula is C17H19N3O3S. The molecular weight excluding hydrogens is 326 g/mol. The molecule has 6 nitrogen and oxygen atoms in total. The second-order valence-corrected chi connectivity index (χ2v) is 6.64. The van der Waals surface area contributed by atoms with Gasteiger partial charge in [-0.05, 0) is 30.5 Å². The smallest absolute Gasteiger partial charge is 0.260 e. The standard InChI is InChI=1S/C17H19N3O3S/c1-11(15-7-4-8-24-15)19-16(21)10-20-9-14(17(18)22)23-13-6-3-2-5-12(13)20/h2-8,11,14H,9-10H2,1H3,(H2,18,22)(H,19,21)/t11-,14+/m1/s1. The summed E-state index contributed by atoms with van der Waals surface area (Å²) in [5.41, 5.74) is 6.16. The molecule has 0 spiro atoms. The Morgan fingerprint density at radius 2 is 2.17 bits per heavy atom. The van der Waals surface area contributed by atoms with Gasteiger partial charge in [0.15, 0.2) is 6.10 Å². The highest BCUT2D eigenvalue weighted by Crippen LogP contribution is 2.32. The largest absolute Gasteiger partial charge is 0.477 e. The second kappa shape index (κ2) is 6.92. The summed E-state index contributed by atoms with van der Waals surface area (Å²) in [6.07, 6.45) is -0.762. The minimum absolute atomic E-state index is 0.0549. The molecule has 0 radical (unpaired) electrons. The second-order valence-electron chi connectivity index (χ2n) is 5.66. The van der Waals surface area contributed by atoms with Crippen molar-refractivity contribution in [3.8, 4) is 5.75 Å². The third-order valence-electron chi connectivity index (χ3n) is 3.86. The Hall–Kier alpha value is -2.54. The summed E-state index contributed by atoms with van der Waals surface area (Å²) in [7, 11) is 0. The van der Waals surface area contributed by atoms with E-state index in [2.05, 4.69) is 5.32 Å². The van der Waals surface area contributed by atoms with Crippen molar-refractivity contribution in [1.82, 2.24) is 5.32 Å². The molecule has 2 amide bonds. The van der Waals surface area contributed by atoms with Gasteiger partial charge in [0.05, 0.1) is 24.8 Å². The number of rotatable bonds is 5. The first-order valence-electron chi connectivity index (χ1n) is 7.67. The summed E-state index contributed by atoms with van der Waals surface area (Å²) < 4.78 is 5.60. The van der Waals surface area contributed by atoms with Crippen molar-refractivity contribution in [2.75, 3.05) is 18.0 Å². The summed E-state index contributed by atoms with van der Waals surface area (Å²) in [6, 6.07) is 11.2. The van der Waals surface area contributed by atoms with E-state index in [4.69, 9.17) is 10.5 Å². The maximum Gasteiger partial charge on any atom is 0.260 e. The van der Waals surface area contributed by atoms with Gasteiger partial charge < -0.3 is 20.7 Å². The van der Waals surface area contributed by atoms with Crippen LogP contribution in [0.15, 0.2) is 41.8 Å². The number of primary amides is 1. The Bertz CT molecular complexity index is 732. The van der Waals surface area contributed by atoms with Crippen molar-refractivity contribution in [3.05, 3.63) is 46.7 Å². The van der Waals surface area contributed by atoms with Crippen molar-refractivity contribution in [2.45, 2.75) is 19.1 Å². The summed E-state index contributed by atoms with van der Waals surface area (Å²) in [4.78, 5) is 26.8. The van der Waals surface area contributed by atoms with E-state index in [0.29, 0.717) is 5.75 Å². The van der Waals surface area contributed by atoms with Crippen LogP contribution in [0.1, 0.15) is 17.8 Å². The molecule has 0 bridgehead atoms. The topological polar surface area (TPSA) is 84.7 Å². The number of nitrogens with one attached hydrogen (secondary N) is 1.